The molecule has 4 rings (SSSR count). The second-order valence-electron chi connectivity index (χ2n) is 5.59. The molecule has 0 spiro atoms. The standard InChI is InChI=1S/C18H17N5S/c1-11-9-13(12-5-3-2-4-6-12)23-18-14(11)15-16(24-18)17(20-8-7-19)22-10-21-15/h2-6,9-10H,7-8,19H2,1H3,(H,20,21,22). The Kier molecular flexibility index (Phi) is 3.84. The van der Waals surface area contributed by atoms with Crippen LogP contribution >= 0.6 is 11.3 Å². The van der Waals surface area contributed by atoms with Gasteiger partial charge in [-0.05, 0) is 18.6 Å². The number of hydrogen-bond acceptors (Lipinski definition) is 6. The SMILES string of the molecule is Cc1cc(-c2ccccc2)nc2sc3c(NCCN)ncnc3c12. The van der Waals surface area contributed by atoms with Crippen molar-refractivity contribution in [2.45, 2.75) is 6.92 Å². The van der Waals surface area contributed by atoms with E-state index in [0.29, 0.717) is 13.1 Å². The van der Waals surface area contributed by atoms with Crippen LogP contribution in [-0.4, -0.2) is 28.0 Å². The average molecular weight is 335 g/mol. The highest BCUT2D eigenvalue weighted by molar-refractivity contribution is 7.26. The molecule has 0 saturated heterocycles. The normalized spacial score (nSPS) is 11.2. The molecule has 1 aromatic carbocycles. The summed E-state index contributed by atoms with van der Waals surface area (Å²) in [5.74, 6) is 0.828. The Hall–Kier alpha value is -2.57. The van der Waals surface area contributed by atoms with E-state index in [2.05, 4.69) is 40.4 Å². The van der Waals surface area contributed by atoms with Crippen molar-refractivity contribution in [1.29, 1.82) is 0 Å². The molecule has 3 N–H and O–H groups in total. The third-order valence-corrected chi connectivity index (χ3v) is 5.01. The minimum atomic E-state index is 0.561. The van der Waals surface area contributed by atoms with Gasteiger partial charge >= 0.3 is 0 Å². The minimum absolute atomic E-state index is 0.561. The lowest BCUT2D eigenvalue weighted by atomic mass is 10.1. The molecule has 0 aliphatic heterocycles. The summed E-state index contributed by atoms with van der Waals surface area (Å²) in [5, 5.41) is 4.38. The Morgan fingerprint density at radius 2 is 2.00 bits per heavy atom. The van der Waals surface area contributed by atoms with Gasteiger partial charge in [0.15, 0.2) is 0 Å². The molecule has 3 heterocycles. The zero-order valence-electron chi connectivity index (χ0n) is 13.3. The van der Waals surface area contributed by atoms with Crippen LogP contribution < -0.4 is 11.1 Å². The molecule has 0 bridgehead atoms. The zero-order valence-corrected chi connectivity index (χ0v) is 14.1. The van der Waals surface area contributed by atoms with E-state index in [9.17, 15) is 0 Å². The molecule has 120 valence electrons. The van der Waals surface area contributed by atoms with E-state index < -0.39 is 0 Å². The lowest BCUT2D eigenvalue weighted by Crippen LogP contribution is -2.13. The predicted molar refractivity (Wildman–Crippen MR) is 100 cm³/mol. The summed E-state index contributed by atoms with van der Waals surface area (Å²) < 4.78 is 1.03. The molecule has 6 heteroatoms. The fourth-order valence-electron chi connectivity index (χ4n) is 2.82. The van der Waals surface area contributed by atoms with Crippen molar-refractivity contribution in [3.05, 3.63) is 48.3 Å². The summed E-state index contributed by atoms with van der Waals surface area (Å²) in [6.07, 6.45) is 1.60. The summed E-state index contributed by atoms with van der Waals surface area (Å²) in [7, 11) is 0. The number of thiophene rings is 1. The maximum absolute atomic E-state index is 5.59. The number of nitrogens with zero attached hydrogens (tertiary/aromatic N) is 3. The molecule has 3 aromatic heterocycles. The molecule has 0 aliphatic carbocycles. The molecule has 0 saturated carbocycles. The third-order valence-electron chi connectivity index (χ3n) is 3.93. The highest BCUT2D eigenvalue weighted by atomic mass is 32.1. The van der Waals surface area contributed by atoms with Gasteiger partial charge in [-0.15, -0.1) is 11.3 Å². The molecule has 0 fully saturated rings. The lowest BCUT2D eigenvalue weighted by Gasteiger charge is -2.04. The third kappa shape index (κ3) is 2.50. The molecular formula is C18H17N5S. The lowest BCUT2D eigenvalue weighted by molar-refractivity contribution is 1.01. The van der Waals surface area contributed by atoms with Crippen molar-refractivity contribution in [3.63, 3.8) is 0 Å². The molecule has 0 amide bonds. The molecule has 0 aliphatic rings. The van der Waals surface area contributed by atoms with Crippen LogP contribution in [0.2, 0.25) is 0 Å². The van der Waals surface area contributed by atoms with E-state index in [1.165, 1.54) is 5.56 Å². The topological polar surface area (TPSA) is 76.7 Å². The number of anilines is 1. The van der Waals surface area contributed by atoms with Gasteiger partial charge in [0, 0.05) is 24.0 Å². The van der Waals surface area contributed by atoms with Crippen molar-refractivity contribution >= 4 is 37.6 Å². The molecule has 4 aromatic rings. The van der Waals surface area contributed by atoms with Gasteiger partial charge in [-0.25, -0.2) is 15.0 Å². The van der Waals surface area contributed by atoms with Crippen LogP contribution in [0.15, 0.2) is 42.7 Å². The molecule has 0 atom stereocenters. The van der Waals surface area contributed by atoms with E-state index in [0.717, 1.165) is 37.5 Å². The van der Waals surface area contributed by atoms with E-state index in [1.54, 1.807) is 17.7 Å². The van der Waals surface area contributed by atoms with E-state index >= 15 is 0 Å². The molecule has 5 nitrogen and oxygen atoms in total. The van der Waals surface area contributed by atoms with Gasteiger partial charge in [0.2, 0.25) is 0 Å². The van der Waals surface area contributed by atoms with Crippen LogP contribution in [0.5, 0.6) is 0 Å². The fraction of sp³-hybridized carbons (Fsp3) is 0.167. The molecule has 0 radical (unpaired) electrons. The van der Waals surface area contributed by atoms with Crippen LogP contribution in [-0.2, 0) is 0 Å². The number of benzene rings is 1. The number of aryl methyl sites for hydroxylation is 1. The van der Waals surface area contributed by atoms with E-state index in [1.807, 2.05) is 18.2 Å². The number of nitrogens with one attached hydrogen (secondary N) is 1. The predicted octanol–water partition coefficient (Wildman–Crippen LogP) is 3.59. The maximum atomic E-state index is 5.59. The first-order chi connectivity index (χ1) is 11.8. The first kappa shape index (κ1) is 15.0. The number of rotatable bonds is 4. The van der Waals surface area contributed by atoms with Crippen LogP contribution in [0.1, 0.15) is 5.56 Å². The van der Waals surface area contributed by atoms with E-state index in [4.69, 9.17) is 10.7 Å². The smallest absolute Gasteiger partial charge is 0.147 e. The number of nitrogens with two attached hydrogens (primary N) is 1. The largest absolute Gasteiger partial charge is 0.368 e. The second kappa shape index (κ2) is 6.14. The number of pyridine rings is 1. The van der Waals surface area contributed by atoms with Crippen molar-refractivity contribution in [3.8, 4) is 11.3 Å². The number of hydrogen-bond donors (Lipinski definition) is 2. The summed E-state index contributed by atoms with van der Waals surface area (Å²) in [6.45, 7) is 3.35. The monoisotopic (exact) mass is 335 g/mol. The fourth-order valence-corrected chi connectivity index (χ4v) is 3.99. The quantitative estimate of drug-likeness (QED) is 0.596. The van der Waals surface area contributed by atoms with Gasteiger partial charge in [-0.2, -0.15) is 0 Å². The van der Waals surface area contributed by atoms with Crippen molar-refractivity contribution in [2.75, 3.05) is 18.4 Å². The van der Waals surface area contributed by atoms with Gasteiger partial charge in [-0.1, -0.05) is 30.3 Å². The van der Waals surface area contributed by atoms with Gasteiger partial charge < -0.3 is 11.1 Å². The van der Waals surface area contributed by atoms with Gasteiger partial charge in [0.05, 0.1) is 15.9 Å². The van der Waals surface area contributed by atoms with Gasteiger partial charge in [-0.3, -0.25) is 0 Å². The number of fused-ring (bicyclic) bond motifs is 3. The zero-order chi connectivity index (χ0) is 16.5. The minimum Gasteiger partial charge on any atom is -0.368 e. The van der Waals surface area contributed by atoms with Crippen LogP contribution in [0.4, 0.5) is 5.82 Å². The molecular weight excluding hydrogens is 318 g/mol. The first-order valence-electron chi connectivity index (χ1n) is 7.82. The van der Waals surface area contributed by atoms with Gasteiger partial charge in [0.25, 0.3) is 0 Å². The average Bonchev–Trinajstić information content (AvgIpc) is 3.00. The van der Waals surface area contributed by atoms with Crippen molar-refractivity contribution < 1.29 is 0 Å². The Bertz CT molecular complexity index is 1010. The van der Waals surface area contributed by atoms with Crippen molar-refractivity contribution in [2.24, 2.45) is 5.73 Å². The molecule has 0 unspecified atom stereocenters. The maximum Gasteiger partial charge on any atom is 0.147 e. The summed E-state index contributed by atoms with van der Waals surface area (Å²) in [4.78, 5) is 14.7. The van der Waals surface area contributed by atoms with Crippen LogP contribution in [0, 0.1) is 6.92 Å². The Balaban J connectivity index is 1.94. The first-order valence-corrected chi connectivity index (χ1v) is 8.64. The molecule has 24 heavy (non-hydrogen) atoms. The van der Waals surface area contributed by atoms with Gasteiger partial charge in [0.1, 0.15) is 17.0 Å². The summed E-state index contributed by atoms with van der Waals surface area (Å²) in [6, 6.07) is 12.4. The van der Waals surface area contributed by atoms with Crippen molar-refractivity contribution in [1.82, 2.24) is 15.0 Å². The van der Waals surface area contributed by atoms with E-state index in [-0.39, 0.29) is 0 Å². The van der Waals surface area contributed by atoms with Crippen LogP contribution in [0.3, 0.4) is 0 Å². The highest BCUT2D eigenvalue weighted by Crippen LogP contribution is 2.37. The Morgan fingerprint density at radius 3 is 2.79 bits per heavy atom. The highest BCUT2D eigenvalue weighted by Gasteiger charge is 2.15. The number of aromatic nitrogens is 3. The van der Waals surface area contributed by atoms with Crippen LogP contribution in [0.25, 0.3) is 31.7 Å². The second-order valence-corrected chi connectivity index (χ2v) is 6.59. The summed E-state index contributed by atoms with van der Waals surface area (Å²) >= 11 is 1.62. The Morgan fingerprint density at radius 1 is 1.17 bits per heavy atom. The Labute approximate surface area is 143 Å². The summed E-state index contributed by atoms with van der Waals surface area (Å²) in [5.41, 5.74) is 9.82.